The molecule has 1 amide bonds. The molecule has 0 saturated heterocycles. The Morgan fingerprint density at radius 2 is 1.81 bits per heavy atom. The first-order valence-corrected chi connectivity index (χ1v) is 6.91. The fraction of sp³-hybridized carbons (Fsp3) is 0.188. The zero-order valence-corrected chi connectivity index (χ0v) is 12.1. The number of hydrogen-bond acceptors (Lipinski definition) is 3. The third kappa shape index (κ3) is 4.77. The van der Waals surface area contributed by atoms with Gasteiger partial charge in [-0.3, -0.25) is 4.79 Å². The zero-order valence-electron chi connectivity index (χ0n) is 11.3. The van der Waals surface area contributed by atoms with Crippen LogP contribution in [-0.2, 0) is 4.79 Å². The molecule has 0 saturated carbocycles. The Morgan fingerprint density at radius 1 is 1.14 bits per heavy atom. The lowest BCUT2D eigenvalue weighted by molar-refractivity contribution is -0.123. The summed E-state index contributed by atoms with van der Waals surface area (Å²) < 4.78 is 5.31. The van der Waals surface area contributed by atoms with Crippen molar-refractivity contribution >= 4 is 17.5 Å². The summed E-state index contributed by atoms with van der Waals surface area (Å²) in [7, 11) is 0. The monoisotopic (exact) mass is 305 g/mol. The Labute approximate surface area is 128 Å². The number of nitrogens with one attached hydrogen (secondary N) is 1. The van der Waals surface area contributed by atoms with Gasteiger partial charge < -0.3 is 15.2 Å². The number of benzene rings is 2. The molecule has 21 heavy (non-hydrogen) atoms. The summed E-state index contributed by atoms with van der Waals surface area (Å²) in [6, 6.07) is 16.1. The second-order valence-electron chi connectivity index (χ2n) is 4.45. The predicted molar refractivity (Wildman–Crippen MR) is 81.4 cm³/mol. The normalized spacial score (nSPS) is 11.7. The van der Waals surface area contributed by atoms with Crippen LogP contribution in [-0.4, -0.2) is 24.2 Å². The molecule has 0 aliphatic rings. The summed E-state index contributed by atoms with van der Waals surface area (Å²) in [6.45, 7) is -0.0139. The molecule has 0 aliphatic heterocycles. The van der Waals surface area contributed by atoms with Crippen molar-refractivity contribution in [3.63, 3.8) is 0 Å². The zero-order chi connectivity index (χ0) is 15.1. The Bertz CT molecular complexity index is 589. The molecule has 0 aromatic heterocycles. The first-order chi connectivity index (χ1) is 10.2. The van der Waals surface area contributed by atoms with Crippen LogP contribution >= 0.6 is 11.6 Å². The van der Waals surface area contributed by atoms with E-state index >= 15 is 0 Å². The van der Waals surface area contributed by atoms with Crippen molar-refractivity contribution in [1.29, 1.82) is 0 Å². The maximum atomic E-state index is 11.7. The van der Waals surface area contributed by atoms with Crippen LogP contribution in [0.15, 0.2) is 54.6 Å². The van der Waals surface area contributed by atoms with E-state index in [2.05, 4.69) is 5.32 Å². The number of rotatable bonds is 6. The second kappa shape index (κ2) is 7.67. The van der Waals surface area contributed by atoms with E-state index in [0.717, 1.165) is 5.56 Å². The first-order valence-electron chi connectivity index (χ1n) is 6.54. The number of aliphatic hydroxyl groups is 1. The number of amides is 1. The molecule has 2 aromatic rings. The number of carbonyl (C=O) groups is 1. The molecule has 2 N–H and O–H groups in total. The quantitative estimate of drug-likeness (QED) is 0.862. The molecule has 0 bridgehead atoms. The van der Waals surface area contributed by atoms with Crippen molar-refractivity contribution in [3.05, 3.63) is 65.2 Å². The molecule has 0 spiro atoms. The average Bonchev–Trinajstić information content (AvgIpc) is 2.52. The average molecular weight is 306 g/mol. The Kier molecular flexibility index (Phi) is 5.60. The molecule has 110 valence electrons. The van der Waals surface area contributed by atoms with Gasteiger partial charge in [0.1, 0.15) is 5.75 Å². The van der Waals surface area contributed by atoms with E-state index in [9.17, 15) is 9.90 Å². The van der Waals surface area contributed by atoms with Crippen molar-refractivity contribution in [3.8, 4) is 5.75 Å². The SMILES string of the molecule is O=C(COc1ccccc1Cl)NCC(O)c1ccccc1. The van der Waals surface area contributed by atoms with Gasteiger partial charge in [0.05, 0.1) is 11.1 Å². The van der Waals surface area contributed by atoms with E-state index < -0.39 is 6.10 Å². The minimum absolute atomic E-state index is 0.134. The lowest BCUT2D eigenvalue weighted by atomic mass is 10.1. The van der Waals surface area contributed by atoms with E-state index in [4.69, 9.17) is 16.3 Å². The second-order valence-corrected chi connectivity index (χ2v) is 4.86. The summed E-state index contributed by atoms with van der Waals surface area (Å²) in [5.41, 5.74) is 0.754. The van der Waals surface area contributed by atoms with Gasteiger partial charge in [0, 0.05) is 6.54 Å². The molecule has 5 heteroatoms. The van der Waals surface area contributed by atoms with Crippen LogP contribution in [0.5, 0.6) is 5.75 Å². The topological polar surface area (TPSA) is 58.6 Å². The van der Waals surface area contributed by atoms with Crippen molar-refractivity contribution in [2.75, 3.05) is 13.2 Å². The van der Waals surface area contributed by atoms with Crippen molar-refractivity contribution in [2.45, 2.75) is 6.10 Å². The van der Waals surface area contributed by atoms with Crippen LogP contribution in [0, 0.1) is 0 Å². The molecular formula is C16H16ClNO3. The number of para-hydroxylation sites is 1. The smallest absolute Gasteiger partial charge is 0.258 e. The van der Waals surface area contributed by atoms with Crippen LogP contribution < -0.4 is 10.1 Å². The Morgan fingerprint density at radius 3 is 2.52 bits per heavy atom. The fourth-order valence-electron chi connectivity index (χ4n) is 1.76. The number of carbonyl (C=O) groups excluding carboxylic acids is 1. The molecule has 0 heterocycles. The van der Waals surface area contributed by atoms with Gasteiger partial charge in [-0.15, -0.1) is 0 Å². The largest absolute Gasteiger partial charge is 0.482 e. The molecule has 0 radical (unpaired) electrons. The van der Waals surface area contributed by atoms with Gasteiger partial charge in [-0.05, 0) is 17.7 Å². The van der Waals surface area contributed by atoms with Crippen molar-refractivity contribution in [2.24, 2.45) is 0 Å². The highest BCUT2D eigenvalue weighted by atomic mass is 35.5. The fourth-order valence-corrected chi connectivity index (χ4v) is 1.95. The van der Waals surface area contributed by atoms with Gasteiger partial charge in [-0.2, -0.15) is 0 Å². The molecule has 2 rings (SSSR count). The van der Waals surface area contributed by atoms with E-state index in [-0.39, 0.29) is 19.1 Å². The number of aliphatic hydroxyl groups excluding tert-OH is 1. The molecular weight excluding hydrogens is 290 g/mol. The minimum Gasteiger partial charge on any atom is -0.482 e. The lowest BCUT2D eigenvalue weighted by Gasteiger charge is -2.13. The third-order valence-electron chi connectivity index (χ3n) is 2.87. The summed E-state index contributed by atoms with van der Waals surface area (Å²) in [5.74, 6) is 0.142. The number of halogens is 1. The predicted octanol–water partition coefficient (Wildman–Crippen LogP) is 2.57. The lowest BCUT2D eigenvalue weighted by Crippen LogP contribution is -2.32. The Hall–Kier alpha value is -2.04. The van der Waals surface area contributed by atoms with Crippen LogP contribution in [0.4, 0.5) is 0 Å². The molecule has 1 atom stereocenters. The van der Waals surface area contributed by atoms with E-state index in [1.807, 2.05) is 18.2 Å². The molecule has 0 fully saturated rings. The van der Waals surface area contributed by atoms with Crippen LogP contribution in [0.25, 0.3) is 0 Å². The van der Waals surface area contributed by atoms with E-state index in [1.165, 1.54) is 0 Å². The highest BCUT2D eigenvalue weighted by Crippen LogP contribution is 2.22. The van der Waals surface area contributed by atoms with Gasteiger partial charge >= 0.3 is 0 Å². The van der Waals surface area contributed by atoms with Crippen LogP contribution in [0.1, 0.15) is 11.7 Å². The van der Waals surface area contributed by atoms with Crippen molar-refractivity contribution in [1.82, 2.24) is 5.32 Å². The van der Waals surface area contributed by atoms with Crippen LogP contribution in [0.2, 0.25) is 5.02 Å². The maximum absolute atomic E-state index is 11.7. The van der Waals surface area contributed by atoms with Gasteiger partial charge in [0.25, 0.3) is 5.91 Å². The maximum Gasteiger partial charge on any atom is 0.258 e. The molecule has 2 aromatic carbocycles. The molecule has 1 unspecified atom stereocenters. The molecule has 0 aliphatic carbocycles. The van der Waals surface area contributed by atoms with E-state index in [1.54, 1.807) is 36.4 Å². The summed E-state index contributed by atoms with van der Waals surface area (Å²) in [5, 5.41) is 13.0. The Balaban J connectivity index is 1.76. The van der Waals surface area contributed by atoms with E-state index in [0.29, 0.717) is 10.8 Å². The summed E-state index contributed by atoms with van der Waals surface area (Å²) in [6.07, 6.45) is -0.740. The van der Waals surface area contributed by atoms with Gasteiger partial charge in [0.2, 0.25) is 0 Å². The van der Waals surface area contributed by atoms with Gasteiger partial charge in [-0.1, -0.05) is 54.1 Å². The first kappa shape index (κ1) is 15.4. The number of hydrogen-bond donors (Lipinski definition) is 2. The standard InChI is InChI=1S/C16H16ClNO3/c17-13-8-4-5-9-15(13)21-11-16(20)18-10-14(19)12-6-2-1-3-7-12/h1-9,14,19H,10-11H2,(H,18,20). The highest BCUT2D eigenvalue weighted by Gasteiger charge is 2.10. The van der Waals surface area contributed by atoms with Crippen LogP contribution in [0.3, 0.4) is 0 Å². The summed E-state index contributed by atoms with van der Waals surface area (Å²) in [4.78, 5) is 11.7. The molecule has 4 nitrogen and oxygen atoms in total. The third-order valence-corrected chi connectivity index (χ3v) is 3.18. The van der Waals surface area contributed by atoms with Gasteiger partial charge in [-0.25, -0.2) is 0 Å². The number of ether oxygens (including phenoxy) is 1. The highest BCUT2D eigenvalue weighted by molar-refractivity contribution is 6.32. The van der Waals surface area contributed by atoms with Crippen molar-refractivity contribution < 1.29 is 14.6 Å². The summed E-state index contributed by atoms with van der Waals surface area (Å²) >= 11 is 5.92. The van der Waals surface area contributed by atoms with Gasteiger partial charge in [0.15, 0.2) is 6.61 Å². The minimum atomic E-state index is -0.740.